The van der Waals surface area contributed by atoms with Gasteiger partial charge in [-0.15, -0.1) is 0 Å². The highest BCUT2D eigenvalue weighted by molar-refractivity contribution is 7.51. The molecule has 0 spiro atoms. The molecule has 4 nitrogen and oxygen atoms in total. The Morgan fingerprint density at radius 2 is 1.35 bits per heavy atom. The topological polar surface area (TPSA) is 57.5 Å². The molecule has 0 heterocycles. The van der Waals surface area contributed by atoms with Crippen molar-refractivity contribution in [3.8, 4) is 0 Å². The summed E-state index contributed by atoms with van der Waals surface area (Å²) in [6, 6.07) is 0. The Morgan fingerprint density at radius 3 is 1.35 bits per heavy atom. The standard InChI is InChI=1S/C7H18N.C2H4F3O3P/c1-5-8(4,6-2)7-3;3-2(4,5)1-9(6,7)8/h5-7H2,1-4H3;1H2,(H2,6,7,8)/q+1;. The first-order chi connectivity index (χ1) is 7.39. The van der Waals surface area contributed by atoms with Crippen LogP contribution >= 0.6 is 7.60 Å². The first kappa shape index (κ1) is 19.2. The Kier molecular flexibility index (Phi) is 8.33. The van der Waals surface area contributed by atoms with Crippen molar-refractivity contribution in [3.05, 3.63) is 0 Å². The molecule has 0 saturated heterocycles. The summed E-state index contributed by atoms with van der Waals surface area (Å²) in [4.78, 5) is 15.5. The van der Waals surface area contributed by atoms with Gasteiger partial charge in [0.2, 0.25) is 0 Å². The summed E-state index contributed by atoms with van der Waals surface area (Å²) in [6.45, 7) is 10.5. The fourth-order valence-corrected chi connectivity index (χ4v) is 1.37. The van der Waals surface area contributed by atoms with Crippen molar-refractivity contribution < 1.29 is 32.0 Å². The molecule has 17 heavy (non-hydrogen) atoms. The molecule has 8 heteroatoms. The molecule has 0 atom stereocenters. The van der Waals surface area contributed by atoms with Crippen molar-refractivity contribution in [2.45, 2.75) is 26.9 Å². The molecule has 2 N–H and O–H groups in total. The zero-order chi connectivity index (χ0) is 14.3. The number of hydrogen-bond acceptors (Lipinski definition) is 1. The second kappa shape index (κ2) is 7.36. The third-order valence-electron chi connectivity index (χ3n) is 2.68. The van der Waals surface area contributed by atoms with Gasteiger partial charge >= 0.3 is 13.8 Å². The Morgan fingerprint density at radius 1 is 1.06 bits per heavy atom. The van der Waals surface area contributed by atoms with Crippen molar-refractivity contribution in [2.24, 2.45) is 0 Å². The minimum Gasteiger partial charge on any atom is -0.327 e. The van der Waals surface area contributed by atoms with Gasteiger partial charge in [0.15, 0.2) is 0 Å². The van der Waals surface area contributed by atoms with Crippen molar-refractivity contribution >= 4 is 7.60 Å². The zero-order valence-corrected chi connectivity index (χ0v) is 11.6. The Hall–Kier alpha value is -0.100. The maximum absolute atomic E-state index is 11.1. The molecule has 0 aliphatic rings. The van der Waals surface area contributed by atoms with Crippen LogP contribution in [0.3, 0.4) is 0 Å². The van der Waals surface area contributed by atoms with Gasteiger partial charge in [-0.3, -0.25) is 4.57 Å². The van der Waals surface area contributed by atoms with E-state index in [0.717, 1.165) is 0 Å². The quantitative estimate of drug-likeness (QED) is 0.613. The summed E-state index contributed by atoms with van der Waals surface area (Å²) in [6.07, 6.45) is -6.82. The average molecular weight is 280 g/mol. The van der Waals surface area contributed by atoms with E-state index < -0.39 is 19.9 Å². The van der Waals surface area contributed by atoms with Gasteiger partial charge in [-0.2, -0.15) is 13.2 Å². The molecular weight excluding hydrogens is 258 g/mol. The van der Waals surface area contributed by atoms with E-state index >= 15 is 0 Å². The molecule has 0 fully saturated rings. The molecule has 0 aliphatic carbocycles. The lowest BCUT2D eigenvalue weighted by Crippen LogP contribution is -2.42. The van der Waals surface area contributed by atoms with Crippen LogP contribution in [0.4, 0.5) is 13.2 Å². The molecule has 0 saturated carbocycles. The fourth-order valence-electron chi connectivity index (χ4n) is 0.904. The Balaban J connectivity index is 0. The smallest absolute Gasteiger partial charge is 0.327 e. The maximum atomic E-state index is 11.1. The summed E-state index contributed by atoms with van der Waals surface area (Å²) in [7, 11) is -2.62. The lowest BCUT2D eigenvalue weighted by atomic mass is 10.4. The van der Waals surface area contributed by atoms with Gasteiger partial charge in [0.05, 0.1) is 26.7 Å². The average Bonchev–Trinajstić information content (AvgIpc) is 2.12. The lowest BCUT2D eigenvalue weighted by Gasteiger charge is -2.30. The number of halogens is 3. The van der Waals surface area contributed by atoms with Crippen molar-refractivity contribution in [1.82, 2.24) is 0 Å². The third kappa shape index (κ3) is 13.8. The van der Waals surface area contributed by atoms with Gasteiger partial charge in [0.1, 0.15) is 6.16 Å². The predicted octanol–water partition coefficient (Wildman–Crippen LogP) is 2.22. The van der Waals surface area contributed by atoms with Crippen LogP contribution in [0.15, 0.2) is 0 Å². The van der Waals surface area contributed by atoms with Gasteiger partial charge in [0, 0.05) is 0 Å². The maximum Gasteiger partial charge on any atom is 0.400 e. The van der Waals surface area contributed by atoms with Crippen LogP contribution in [0.5, 0.6) is 0 Å². The molecule has 0 aromatic carbocycles. The van der Waals surface area contributed by atoms with E-state index in [2.05, 4.69) is 27.8 Å². The summed E-state index contributed by atoms with van der Waals surface area (Å²) < 4.78 is 44.0. The van der Waals surface area contributed by atoms with E-state index in [0.29, 0.717) is 0 Å². The monoisotopic (exact) mass is 280 g/mol. The van der Waals surface area contributed by atoms with Gasteiger partial charge in [-0.25, -0.2) is 0 Å². The number of quaternary nitrogens is 1. The summed E-state index contributed by atoms with van der Waals surface area (Å²) in [5.41, 5.74) is 0. The first-order valence-corrected chi connectivity index (χ1v) is 7.13. The van der Waals surface area contributed by atoms with Crippen LogP contribution in [0.2, 0.25) is 0 Å². The Labute approximate surface area is 100 Å². The molecule has 0 aromatic rings. The SMILES string of the molecule is CC[N+](C)(CC)CC.O=P(O)(O)CC(F)(F)F. The molecule has 0 unspecified atom stereocenters. The van der Waals surface area contributed by atoms with Crippen LogP contribution in [0, 0.1) is 0 Å². The van der Waals surface area contributed by atoms with E-state index in [1.807, 2.05) is 0 Å². The minimum atomic E-state index is -4.91. The summed E-state index contributed by atoms with van der Waals surface area (Å²) >= 11 is 0. The van der Waals surface area contributed by atoms with Gasteiger partial charge in [0.25, 0.3) is 0 Å². The second-order valence-corrected chi connectivity index (χ2v) is 5.65. The minimum absolute atomic E-state index is 1.21. The molecule has 0 bridgehead atoms. The fraction of sp³-hybridized carbons (Fsp3) is 1.00. The molecule has 0 aliphatic heterocycles. The second-order valence-electron chi connectivity index (χ2n) is 4.01. The zero-order valence-electron chi connectivity index (χ0n) is 10.7. The molecule has 0 aromatic heterocycles. The lowest BCUT2D eigenvalue weighted by molar-refractivity contribution is -0.904. The van der Waals surface area contributed by atoms with Gasteiger partial charge in [-0.1, -0.05) is 0 Å². The summed E-state index contributed by atoms with van der Waals surface area (Å²) in [5.74, 6) is 0. The van der Waals surface area contributed by atoms with E-state index in [-0.39, 0.29) is 0 Å². The van der Waals surface area contributed by atoms with E-state index in [1.54, 1.807) is 0 Å². The first-order valence-electron chi connectivity index (χ1n) is 5.34. The van der Waals surface area contributed by atoms with Crippen LogP contribution in [0.1, 0.15) is 20.8 Å². The molecule has 0 amide bonds. The van der Waals surface area contributed by atoms with Crippen LogP contribution in [0.25, 0.3) is 0 Å². The highest BCUT2D eigenvalue weighted by atomic mass is 31.2. The third-order valence-corrected chi connectivity index (χ3v) is 3.45. The van der Waals surface area contributed by atoms with E-state index in [1.165, 1.54) is 24.1 Å². The molecule has 0 radical (unpaired) electrons. The van der Waals surface area contributed by atoms with Crippen LogP contribution < -0.4 is 0 Å². The van der Waals surface area contributed by atoms with E-state index in [4.69, 9.17) is 9.79 Å². The largest absolute Gasteiger partial charge is 0.400 e. The van der Waals surface area contributed by atoms with E-state index in [9.17, 15) is 17.7 Å². The van der Waals surface area contributed by atoms with Gasteiger partial charge < -0.3 is 14.3 Å². The van der Waals surface area contributed by atoms with Gasteiger partial charge in [-0.05, 0) is 20.8 Å². The van der Waals surface area contributed by atoms with Crippen molar-refractivity contribution in [2.75, 3.05) is 32.8 Å². The molecule has 0 rings (SSSR count). The Bertz CT molecular complexity index is 240. The summed E-state index contributed by atoms with van der Waals surface area (Å²) in [5, 5.41) is 0. The normalized spacial score (nSPS) is 13.0. The van der Waals surface area contributed by atoms with Crippen LogP contribution in [-0.2, 0) is 4.57 Å². The highest BCUT2D eigenvalue weighted by Crippen LogP contribution is 2.40. The number of hydrogen-bond donors (Lipinski definition) is 2. The number of rotatable bonds is 4. The van der Waals surface area contributed by atoms with Crippen molar-refractivity contribution in [1.29, 1.82) is 0 Å². The predicted molar refractivity (Wildman–Crippen MR) is 60.8 cm³/mol. The van der Waals surface area contributed by atoms with Crippen molar-refractivity contribution in [3.63, 3.8) is 0 Å². The molecule has 106 valence electrons. The number of alkyl halides is 3. The highest BCUT2D eigenvalue weighted by Gasteiger charge is 2.36. The van der Waals surface area contributed by atoms with Crippen LogP contribution in [-0.4, -0.2) is 53.3 Å². The number of nitrogens with zero attached hydrogens (tertiary/aromatic N) is 1. The molecular formula is C9H22F3NO3P+.